The lowest BCUT2D eigenvalue weighted by molar-refractivity contribution is 0.0158. The Morgan fingerprint density at radius 1 is 1.29 bits per heavy atom. The minimum absolute atomic E-state index is 0.0803. The summed E-state index contributed by atoms with van der Waals surface area (Å²) in [6.07, 6.45) is -0.246. The maximum Gasteiger partial charge on any atom is 0.410 e. The van der Waals surface area contributed by atoms with Gasteiger partial charge in [0.05, 0.1) is 5.69 Å². The van der Waals surface area contributed by atoms with Crippen LogP contribution >= 0.6 is 0 Å². The van der Waals surface area contributed by atoms with Gasteiger partial charge >= 0.3 is 6.09 Å². The van der Waals surface area contributed by atoms with E-state index < -0.39 is 5.60 Å². The standard InChI is InChI=1S/C15H24N4O2/c1-11-6-7-13(17-16-11)18-8-9-19(12(2)10-18)14(20)21-15(3,4)5/h6-7,12H,8-10H2,1-5H3. The fourth-order valence-corrected chi connectivity index (χ4v) is 2.32. The van der Waals surface area contributed by atoms with Crippen molar-refractivity contribution in [1.82, 2.24) is 15.1 Å². The molecule has 0 spiro atoms. The number of piperazine rings is 1. The molecule has 2 rings (SSSR count). The Kier molecular flexibility index (Phi) is 4.34. The van der Waals surface area contributed by atoms with Crippen LogP contribution in [0.1, 0.15) is 33.4 Å². The third-order valence-electron chi connectivity index (χ3n) is 3.36. The Hall–Kier alpha value is -1.85. The van der Waals surface area contributed by atoms with Crippen LogP contribution in [0, 0.1) is 6.92 Å². The van der Waals surface area contributed by atoms with E-state index in [2.05, 4.69) is 15.1 Å². The number of carbonyl (C=O) groups is 1. The summed E-state index contributed by atoms with van der Waals surface area (Å²) in [4.78, 5) is 16.1. The van der Waals surface area contributed by atoms with Crippen molar-refractivity contribution in [3.8, 4) is 0 Å². The van der Waals surface area contributed by atoms with E-state index in [1.54, 1.807) is 4.90 Å². The van der Waals surface area contributed by atoms with E-state index in [1.807, 2.05) is 46.8 Å². The molecule has 0 aromatic carbocycles. The molecule has 1 saturated heterocycles. The van der Waals surface area contributed by atoms with E-state index in [-0.39, 0.29) is 12.1 Å². The number of amides is 1. The van der Waals surface area contributed by atoms with Gasteiger partial charge in [-0.3, -0.25) is 0 Å². The summed E-state index contributed by atoms with van der Waals surface area (Å²) in [5, 5.41) is 8.29. The van der Waals surface area contributed by atoms with Gasteiger partial charge in [0.1, 0.15) is 5.60 Å². The maximum absolute atomic E-state index is 12.2. The topological polar surface area (TPSA) is 58.6 Å². The Labute approximate surface area is 126 Å². The minimum atomic E-state index is -0.462. The third-order valence-corrected chi connectivity index (χ3v) is 3.36. The van der Waals surface area contributed by atoms with Crippen LogP contribution in [0.2, 0.25) is 0 Å². The van der Waals surface area contributed by atoms with E-state index in [4.69, 9.17) is 4.74 Å². The molecule has 0 bridgehead atoms. The van der Waals surface area contributed by atoms with Crippen molar-refractivity contribution < 1.29 is 9.53 Å². The van der Waals surface area contributed by atoms with Crippen molar-refractivity contribution in [2.24, 2.45) is 0 Å². The van der Waals surface area contributed by atoms with Crippen LogP contribution in [0.3, 0.4) is 0 Å². The van der Waals surface area contributed by atoms with Gasteiger partial charge in [-0.05, 0) is 46.8 Å². The normalized spacial score (nSPS) is 19.6. The molecule has 0 radical (unpaired) electrons. The van der Waals surface area contributed by atoms with Crippen molar-refractivity contribution in [2.75, 3.05) is 24.5 Å². The molecule has 1 aromatic rings. The van der Waals surface area contributed by atoms with Crippen LogP contribution in [0.15, 0.2) is 12.1 Å². The zero-order chi connectivity index (χ0) is 15.6. The molecule has 1 amide bonds. The molecule has 2 heterocycles. The van der Waals surface area contributed by atoms with E-state index in [0.29, 0.717) is 6.54 Å². The van der Waals surface area contributed by atoms with E-state index >= 15 is 0 Å². The summed E-state index contributed by atoms with van der Waals surface area (Å²) in [7, 11) is 0. The van der Waals surface area contributed by atoms with Crippen LogP contribution in [-0.2, 0) is 4.74 Å². The van der Waals surface area contributed by atoms with Gasteiger partial charge in [0, 0.05) is 25.7 Å². The van der Waals surface area contributed by atoms with Crippen LogP contribution in [0.4, 0.5) is 10.6 Å². The fourth-order valence-electron chi connectivity index (χ4n) is 2.32. The second kappa shape index (κ2) is 5.87. The lowest BCUT2D eigenvalue weighted by Crippen LogP contribution is -2.55. The second-order valence-corrected chi connectivity index (χ2v) is 6.50. The van der Waals surface area contributed by atoms with Gasteiger partial charge in [0.2, 0.25) is 0 Å². The first-order valence-corrected chi connectivity index (χ1v) is 7.31. The lowest BCUT2D eigenvalue weighted by Gasteiger charge is -2.40. The van der Waals surface area contributed by atoms with Crippen molar-refractivity contribution >= 4 is 11.9 Å². The van der Waals surface area contributed by atoms with Crippen molar-refractivity contribution in [2.45, 2.75) is 46.3 Å². The zero-order valence-corrected chi connectivity index (χ0v) is 13.5. The van der Waals surface area contributed by atoms with Gasteiger partial charge in [-0.2, -0.15) is 5.10 Å². The Bertz CT molecular complexity index is 495. The summed E-state index contributed by atoms with van der Waals surface area (Å²) < 4.78 is 5.44. The second-order valence-electron chi connectivity index (χ2n) is 6.50. The Balaban J connectivity index is 1.99. The number of aromatic nitrogens is 2. The van der Waals surface area contributed by atoms with Crippen LogP contribution in [0.5, 0.6) is 0 Å². The third kappa shape index (κ3) is 4.06. The lowest BCUT2D eigenvalue weighted by atomic mass is 10.2. The molecule has 0 N–H and O–H groups in total. The monoisotopic (exact) mass is 292 g/mol. The SMILES string of the molecule is Cc1ccc(N2CCN(C(=O)OC(C)(C)C)C(C)C2)nn1. The first kappa shape index (κ1) is 15.5. The number of carbonyl (C=O) groups excluding carboxylic acids is 1. The first-order chi connectivity index (χ1) is 9.76. The molecule has 1 aliphatic rings. The number of anilines is 1. The Morgan fingerprint density at radius 3 is 2.52 bits per heavy atom. The summed E-state index contributed by atoms with van der Waals surface area (Å²) >= 11 is 0. The highest BCUT2D eigenvalue weighted by Crippen LogP contribution is 2.19. The van der Waals surface area contributed by atoms with Crippen molar-refractivity contribution in [1.29, 1.82) is 0 Å². The number of rotatable bonds is 1. The summed E-state index contributed by atoms with van der Waals surface area (Å²) in [6, 6.07) is 4.00. The average molecular weight is 292 g/mol. The van der Waals surface area contributed by atoms with Gasteiger partial charge in [-0.25, -0.2) is 4.79 Å². The molecule has 0 saturated carbocycles. The molecule has 1 atom stereocenters. The number of ether oxygens (including phenoxy) is 1. The summed E-state index contributed by atoms with van der Waals surface area (Å²) in [6.45, 7) is 11.7. The highest BCUT2D eigenvalue weighted by atomic mass is 16.6. The predicted molar refractivity (Wildman–Crippen MR) is 81.4 cm³/mol. The maximum atomic E-state index is 12.2. The van der Waals surface area contributed by atoms with Gasteiger partial charge in [0.25, 0.3) is 0 Å². The molecule has 6 nitrogen and oxygen atoms in total. The molecule has 6 heteroatoms. The van der Waals surface area contributed by atoms with Gasteiger partial charge in [-0.1, -0.05) is 0 Å². The van der Waals surface area contributed by atoms with Gasteiger partial charge < -0.3 is 14.5 Å². The molecule has 1 aromatic heterocycles. The molecule has 116 valence electrons. The molecule has 1 fully saturated rings. The quantitative estimate of drug-likeness (QED) is 0.794. The molecular weight excluding hydrogens is 268 g/mol. The summed E-state index contributed by atoms with van der Waals surface area (Å²) in [5.41, 5.74) is 0.440. The van der Waals surface area contributed by atoms with Crippen LogP contribution < -0.4 is 4.90 Å². The minimum Gasteiger partial charge on any atom is -0.444 e. The summed E-state index contributed by atoms with van der Waals surface area (Å²) in [5.74, 6) is 0.858. The largest absolute Gasteiger partial charge is 0.444 e. The molecular formula is C15H24N4O2. The van der Waals surface area contributed by atoms with Gasteiger partial charge in [-0.15, -0.1) is 5.10 Å². The highest BCUT2D eigenvalue weighted by Gasteiger charge is 2.31. The molecule has 21 heavy (non-hydrogen) atoms. The Morgan fingerprint density at radius 2 is 2.00 bits per heavy atom. The van der Waals surface area contributed by atoms with Crippen LogP contribution in [-0.4, -0.2) is 52.5 Å². The molecule has 0 aliphatic carbocycles. The zero-order valence-electron chi connectivity index (χ0n) is 13.5. The predicted octanol–water partition coefficient (Wildman–Crippen LogP) is 2.23. The number of hydrogen-bond acceptors (Lipinski definition) is 5. The first-order valence-electron chi connectivity index (χ1n) is 7.31. The van der Waals surface area contributed by atoms with Crippen molar-refractivity contribution in [3.05, 3.63) is 17.8 Å². The fraction of sp³-hybridized carbons (Fsp3) is 0.667. The molecule has 1 aliphatic heterocycles. The van der Waals surface area contributed by atoms with Gasteiger partial charge in [0.15, 0.2) is 5.82 Å². The average Bonchev–Trinajstić information content (AvgIpc) is 2.37. The number of hydrogen-bond donors (Lipinski definition) is 0. The van der Waals surface area contributed by atoms with E-state index in [9.17, 15) is 4.79 Å². The molecule has 1 unspecified atom stereocenters. The van der Waals surface area contributed by atoms with E-state index in [1.165, 1.54) is 0 Å². The smallest absolute Gasteiger partial charge is 0.410 e. The van der Waals surface area contributed by atoms with Crippen LogP contribution in [0.25, 0.3) is 0 Å². The number of nitrogens with zero attached hydrogens (tertiary/aromatic N) is 4. The highest BCUT2D eigenvalue weighted by molar-refractivity contribution is 5.69. The number of aryl methyl sites for hydroxylation is 1. The van der Waals surface area contributed by atoms with E-state index in [0.717, 1.165) is 24.6 Å². The van der Waals surface area contributed by atoms with Crippen molar-refractivity contribution in [3.63, 3.8) is 0 Å².